The number of aromatic nitrogens is 2. The van der Waals surface area contributed by atoms with E-state index in [2.05, 4.69) is 15.7 Å². The number of ether oxygens (including phenoxy) is 1. The number of carbonyl (C=O) groups is 3. The summed E-state index contributed by atoms with van der Waals surface area (Å²) in [7, 11) is 0. The first-order chi connectivity index (χ1) is 17.4. The van der Waals surface area contributed by atoms with Gasteiger partial charge in [-0.15, -0.1) is 0 Å². The molecule has 36 heavy (non-hydrogen) atoms. The molecule has 3 heterocycles. The second-order valence-electron chi connectivity index (χ2n) is 8.84. The van der Waals surface area contributed by atoms with Crippen LogP contribution in [0, 0.1) is 0 Å². The van der Waals surface area contributed by atoms with Crippen molar-refractivity contribution in [2.75, 3.05) is 0 Å². The maximum Gasteiger partial charge on any atom is 0.344 e. The topological polar surface area (TPSA) is 105 Å². The summed E-state index contributed by atoms with van der Waals surface area (Å²) in [6.07, 6.45) is 4.83. The number of fused-ring (bicyclic) bond motifs is 1. The van der Waals surface area contributed by atoms with Crippen molar-refractivity contribution in [2.45, 2.75) is 31.9 Å². The fourth-order valence-electron chi connectivity index (χ4n) is 4.08. The summed E-state index contributed by atoms with van der Waals surface area (Å²) in [6.45, 7) is 1.94. The van der Waals surface area contributed by atoms with E-state index in [0.717, 1.165) is 21.9 Å². The van der Waals surface area contributed by atoms with Crippen molar-refractivity contribution in [3.63, 3.8) is 0 Å². The first-order valence-corrected chi connectivity index (χ1v) is 11.6. The summed E-state index contributed by atoms with van der Waals surface area (Å²) >= 11 is 0. The van der Waals surface area contributed by atoms with Crippen LogP contribution in [-0.2, 0) is 17.8 Å². The van der Waals surface area contributed by atoms with Gasteiger partial charge in [0.25, 0.3) is 11.8 Å². The average molecular weight is 484 g/mol. The third-order valence-corrected chi connectivity index (χ3v) is 6.15. The van der Waals surface area contributed by atoms with E-state index >= 15 is 0 Å². The van der Waals surface area contributed by atoms with E-state index in [1.807, 2.05) is 65.3 Å². The molecule has 0 aliphatic carbocycles. The Bertz CT molecular complexity index is 1380. The quantitative estimate of drug-likeness (QED) is 0.373. The second kappa shape index (κ2) is 9.53. The number of imidazole rings is 1. The van der Waals surface area contributed by atoms with Crippen molar-refractivity contribution in [1.82, 2.24) is 25.1 Å². The van der Waals surface area contributed by atoms with Crippen molar-refractivity contribution in [1.29, 1.82) is 0 Å². The van der Waals surface area contributed by atoms with Crippen LogP contribution in [0.4, 0.5) is 4.79 Å². The zero-order valence-electron chi connectivity index (χ0n) is 19.7. The molecule has 0 unspecified atom stereocenters. The number of benzene rings is 2. The Morgan fingerprint density at radius 1 is 1.03 bits per heavy atom. The lowest BCUT2D eigenvalue weighted by Gasteiger charge is -2.21. The predicted molar refractivity (Wildman–Crippen MR) is 132 cm³/mol. The molecule has 1 saturated heterocycles. The molecule has 9 heteroatoms. The molecular weight excluding hydrogens is 458 g/mol. The molecule has 2 aromatic carbocycles. The molecule has 1 aliphatic heterocycles. The average Bonchev–Trinajstić information content (AvgIpc) is 3.41. The summed E-state index contributed by atoms with van der Waals surface area (Å²) in [5.74, 6) is -0.506. The van der Waals surface area contributed by atoms with Gasteiger partial charge in [0.05, 0.1) is 5.69 Å². The van der Waals surface area contributed by atoms with Crippen molar-refractivity contribution >= 4 is 23.5 Å². The number of aryl methyl sites for hydroxylation is 1. The summed E-state index contributed by atoms with van der Waals surface area (Å²) in [5, 5.41) is 3.45. The van der Waals surface area contributed by atoms with E-state index in [1.54, 1.807) is 31.2 Å². The Morgan fingerprint density at radius 3 is 2.53 bits per heavy atom. The third-order valence-electron chi connectivity index (χ3n) is 6.15. The van der Waals surface area contributed by atoms with E-state index in [9.17, 15) is 14.4 Å². The number of hydrogen-bond donors (Lipinski definition) is 2. The van der Waals surface area contributed by atoms with Gasteiger partial charge in [-0.2, -0.15) is 5.01 Å². The minimum Gasteiger partial charge on any atom is -0.487 e. The Hall–Kier alpha value is -4.66. The zero-order chi connectivity index (χ0) is 25.1. The molecule has 5 rings (SSSR count). The molecule has 0 bridgehead atoms. The van der Waals surface area contributed by atoms with Gasteiger partial charge in [0, 0.05) is 18.0 Å². The molecule has 0 saturated carbocycles. The Morgan fingerprint density at radius 2 is 1.78 bits per heavy atom. The second-order valence-corrected chi connectivity index (χ2v) is 8.84. The molecule has 0 radical (unpaired) electrons. The lowest BCUT2D eigenvalue weighted by Crippen LogP contribution is -2.48. The number of nitrogens with one attached hydrogen (secondary N) is 2. The maximum atomic E-state index is 13.0. The fourth-order valence-corrected chi connectivity index (χ4v) is 4.08. The number of amides is 4. The number of imide groups is 1. The number of hydrazine groups is 1. The van der Waals surface area contributed by atoms with Gasteiger partial charge in [-0.05, 0) is 61.7 Å². The summed E-state index contributed by atoms with van der Waals surface area (Å²) in [5.41, 5.74) is 4.27. The highest BCUT2D eigenvalue weighted by atomic mass is 16.5. The van der Waals surface area contributed by atoms with Crippen LogP contribution in [0.25, 0.3) is 5.65 Å². The van der Waals surface area contributed by atoms with Crippen LogP contribution < -0.4 is 15.5 Å². The van der Waals surface area contributed by atoms with Gasteiger partial charge in [-0.3, -0.25) is 15.0 Å². The standard InChI is InChI=1S/C27H25N5O4/c1-27(15-14-19-7-3-2-4-8-19)25(34)32(26(35)29-27)30-24(33)20-10-12-22(13-11-20)36-18-21-17-31-16-6-5-9-23(31)28-21/h2-13,16-17H,14-15,18H2,1H3,(H,29,35)(H,30,33)/t27-/m0/s1. The van der Waals surface area contributed by atoms with Crippen LogP contribution in [0.15, 0.2) is 85.2 Å². The number of nitrogens with zero attached hydrogens (tertiary/aromatic N) is 3. The van der Waals surface area contributed by atoms with Crippen LogP contribution in [0.2, 0.25) is 0 Å². The van der Waals surface area contributed by atoms with Gasteiger partial charge >= 0.3 is 6.03 Å². The maximum absolute atomic E-state index is 13.0. The van der Waals surface area contributed by atoms with Crippen molar-refractivity contribution in [3.05, 3.63) is 102 Å². The van der Waals surface area contributed by atoms with E-state index in [1.165, 1.54) is 0 Å². The highest BCUT2D eigenvalue weighted by Gasteiger charge is 2.48. The van der Waals surface area contributed by atoms with Crippen LogP contribution >= 0.6 is 0 Å². The summed E-state index contributed by atoms with van der Waals surface area (Å²) < 4.78 is 7.69. The minimum absolute atomic E-state index is 0.275. The Kier molecular flexibility index (Phi) is 6.12. The molecule has 1 fully saturated rings. The van der Waals surface area contributed by atoms with E-state index in [4.69, 9.17) is 4.74 Å². The Balaban J connectivity index is 1.17. The Labute approximate surface area is 207 Å². The van der Waals surface area contributed by atoms with Crippen molar-refractivity contribution < 1.29 is 19.1 Å². The van der Waals surface area contributed by atoms with Gasteiger partial charge in [0.2, 0.25) is 0 Å². The van der Waals surface area contributed by atoms with Gasteiger partial charge in [-0.1, -0.05) is 36.4 Å². The van der Waals surface area contributed by atoms with Crippen LogP contribution in [0.5, 0.6) is 5.75 Å². The number of carbonyl (C=O) groups excluding carboxylic acids is 3. The molecule has 2 aromatic heterocycles. The molecular formula is C27H25N5O4. The minimum atomic E-state index is -1.10. The highest BCUT2D eigenvalue weighted by molar-refractivity contribution is 6.09. The first-order valence-electron chi connectivity index (χ1n) is 11.6. The normalized spacial score (nSPS) is 17.3. The molecule has 0 spiro atoms. The molecule has 1 atom stereocenters. The van der Waals surface area contributed by atoms with Gasteiger partial charge in [-0.25, -0.2) is 9.78 Å². The number of rotatable bonds is 8. The van der Waals surface area contributed by atoms with Crippen LogP contribution in [-0.4, -0.2) is 37.8 Å². The molecule has 9 nitrogen and oxygen atoms in total. The number of hydrogen-bond acceptors (Lipinski definition) is 5. The SMILES string of the molecule is C[C@@]1(CCc2ccccc2)NC(=O)N(NC(=O)c2ccc(OCc3cn4ccccc4n3)cc2)C1=O. The smallest absolute Gasteiger partial charge is 0.344 e. The van der Waals surface area contributed by atoms with Gasteiger partial charge in [0.1, 0.15) is 23.5 Å². The third kappa shape index (κ3) is 4.76. The summed E-state index contributed by atoms with van der Waals surface area (Å²) in [6, 6.07) is 21.3. The molecule has 2 N–H and O–H groups in total. The lowest BCUT2D eigenvalue weighted by atomic mass is 9.93. The predicted octanol–water partition coefficient (Wildman–Crippen LogP) is 3.50. The molecule has 182 valence electrons. The molecule has 4 aromatic rings. The highest BCUT2D eigenvalue weighted by Crippen LogP contribution is 2.23. The fraction of sp³-hybridized carbons (Fsp3) is 0.185. The monoisotopic (exact) mass is 483 g/mol. The van der Waals surface area contributed by atoms with Gasteiger partial charge < -0.3 is 14.5 Å². The van der Waals surface area contributed by atoms with E-state index in [0.29, 0.717) is 18.6 Å². The van der Waals surface area contributed by atoms with Gasteiger partial charge in [0.15, 0.2) is 0 Å². The number of urea groups is 1. The number of pyridine rings is 1. The zero-order valence-corrected chi connectivity index (χ0v) is 19.7. The molecule has 1 aliphatic rings. The summed E-state index contributed by atoms with van der Waals surface area (Å²) in [4.78, 5) is 42.7. The largest absolute Gasteiger partial charge is 0.487 e. The van der Waals surface area contributed by atoms with Crippen LogP contribution in [0.1, 0.15) is 35.0 Å². The lowest BCUT2D eigenvalue weighted by molar-refractivity contribution is -0.132. The van der Waals surface area contributed by atoms with Crippen LogP contribution in [0.3, 0.4) is 0 Å². The van der Waals surface area contributed by atoms with Crippen molar-refractivity contribution in [2.24, 2.45) is 0 Å². The van der Waals surface area contributed by atoms with E-state index in [-0.39, 0.29) is 12.2 Å². The van der Waals surface area contributed by atoms with E-state index < -0.39 is 23.4 Å². The first kappa shape index (κ1) is 23.1. The van der Waals surface area contributed by atoms with Crippen molar-refractivity contribution in [3.8, 4) is 5.75 Å². The molecule has 4 amide bonds.